The number of nitrogens with one attached hydrogen (secondary N) is 3. The van der Waals surface area contributed by atoms with Crippen molar-refractivity contribution in [1.29, 1.82) is 0 Å². The molecule has 0 fully saturated rings. The average Bonchev–Trinajstić information content (AvgIpc) is 3.19. The zero-order valence-corrected chi connectivity index (χ0v) is 17.2. The van der Waals surface area contributed by atoms with Gasteiger partial charge in [0.1, 0.15) is 5.82 Å². The fourth-order valence-electron chi connectivity index (χ4n) is 3.41. The van der Waals surface area contributed by atoms with Gasteiger partial charge in [0.25, 0.3) is 5.91 Å². The number of aromatic nitrogens is 1. The minimum Gasteiger partial charge on any atom is -0.361 e. The van der Waals surface area contributed by atoms with Gasteiger partial charge in [-0.05, 0) is 60.9 Å². The molecule has 4 aromatic rings. The maximum absolute atomic E-state index is 13.3. The lowest BCUT2D eigenvalue weighted by atomic mass is 10.1. The Labute approximate surface area is 180 Å². The molecule has 0 saturated carbocycles. The summed E-state index contributed by atoms with van der Waals surface area (Å²) < 4.78 is 13.3. The van der Waals surface area contributed by atoms with E-state index in [4.69, 9.17) is 0 Å². The molecule has 0 saturated heterocycles. The van der Waals surface area contributed by atoms with Crippen LogP contribution in [0.2, 0.25) is 0 Å². The number of carbonyl (C=O) groups excluding carboxylic acids is 1. The number of anilines is 1. The first-order valence-electron chi connectivity index (χ1n) is 10.1. The van der Waals surface area contributed by atoms with E-state index in [0.29, 0.717) is 30.2 Å². The van der Waals surface area contributed by atoms with E-state index in [2.05, 4.69) is 26.7 Å². The van der Waals surface area contributed by atoms with Gasteiger partial charge in [-0.25, -0.2) is 4.39 Å². The van der Waals surface area contributed by atoms with E-state index in [9.17, 15) is 9.18 Å². The van der Waals surface area contributed by atoms with Crippen LogP contribution >= 0.6 is 0 Å². The number of guanidine groups is 1. The Morgan fingerprint density at radius 2 is 1.74 bits per heavy atom. The summed E-state index contributed by atoms with van der Waals surface area (Å²) in [7, 11) is 0. The van der Waals surface area contributed by atoms with Crippen LogP contribution in [0.25, 0.3) is 10.9 Å². The van der Waals surface area contributed by atoms with Crippen molar-refractivity contribution in [3.63, 3.8) is 0 Å². The lowest BCUT2D eigenvalue weighted by Crippen LogP contribution is -2.36. The van der Waals surface area contributed by atoms with Crippen LogP contribution in [0.1, 0.15) is 21.5 Å². The third kappa shape index (κ3) is 4.98. The van der Waals surface area contributed by atoms with E-state index in [-0.39, 0.29) is 11.7 Å². The number of hydrogen-bond donors (Lipinski definition) is 3. The van der Waals surface area contributed by atoms with Gasteiger partial charge in [0.2, 0.25) is 5.96 Å². The number of carbonyl (C=O) groups is 1. The topological polar surface area (TPSA) is 69.3 Å². The largest absolute Gasteiger partial charge is 0.361 e. The number of aliphatic imine (C=N–C) groups is 1. The van der Waals surface area contributed by atoms with Gasteiger partial charge < -0.3 is 10.3 Å². The summed E-state index contributed by atoms with van der Waals surface area (Å²) in [5, 5.41) is 7.10. The zero-order valence-electron chi connectivity index (χ0n) is 17.2. The number of hydrogen-bond acceptors (Lipinski definition) is 2. The van der Waals surface area contributed by atoms with Gasteiger partial charge in [-0.1, -0.05) is 36.4 Å². The average molecular weight is 414 g/mol. The predicted octanol–water partition coefficient (Wildman–Crippen LogP) is 5.06. The summed E-state index contributed by atoms with van der Waals surface area (Å²) in [5.74, 6) is -0.259. The highest BCUT2D eigenvalue weighted by Crippen LogP contribution is 2.18. The van der Waals surface area contributed by atoms with Crippen molar-refractivity contribution in [2.45, 2.75) is 13.3 Å². The lowest BCUT2D eigenvalue weighted by Gasteiger charge is -2.13. The second-order valence-electron chi connectivity index (χ2n) is 7.24. The van der Waals surface area contributed by atoms with Crippen LogP contribution in [-0.2, 0) is 6.42 Å². The van der Waals surface area contributed by atoms with Crippen LogP contribution in [0.5, 0.6) is 0 Å². The molecule has 3 N–H and O–H groups in total. The number of rotatable bonds is 5. The molecule has 0 spiro atoms. The number of para-hydroxylation sites is 1. The van der Waals surface area contributed by atoms with E-state index in [1.165, 1.54) is 12.1 Å². The summed E-state index contributed by atoms with van der Waals surface area (Å²) in [6, 6.07) is 21.4. The molecule has 4 rings (SSSR count). The second kappa shape index (κ2) is 9.26. The summed E-state index contributed by atoms with van der Waals surface area (Å²) in [6.07, 6.45) is 2.69. The number of amides is 1. The van der Waals surface area contributed by atoms with Crippen LogP contribution in [-0.4, -0.2) is 23.4 Å². The molecule has 1 aromatic heterocycles. The molecule has 0 atom stereocenters. The van der Waals surface area contributed by atoms with Crippen molar-refractivity contribution in [1.82, 2.24) is 10.3 Å². The van der Waals surface area contributed by atoms with Crippen LogP contribution in [0.15, 0.2) is 84.0 Å². The summed E-state index contributed by atoms with van der Waals surface area (Å²) in [4.78, 5) is 20.6. The molecule has 5 nitrogen and oxygen atoms in total. The van der Waals surface area contributed by atoms with Gasteiger partial charge in [-0.3, -0.25) is 15.1 Å². The van der Waals surface area contributed by atoms with E-state index in [1.807, 2.05) is 49.5 Å². The Morgan fingerprint density at radius 1 is 1.00 bits per heavy atom. The van der Waals surface area contributed by atoms with Crippen LogP contribution in [0.4, 0.5) is 10.1 Å². The maximum Gasteiger partial charge on any atom is 0.258 e. The SMILES string of the molecule is Cc1ccccc1C(=O)NC(=NCCc1c[nH]c2ccccc12)Nc1ccc(F)cc1. The predicted molar refractivity (Wildman–Crippen MR) is 123 cm³/mol. The molecule has 0 bridgehead atoms. The van der Waals surface area contributed by atoms with Gasteiger partial charge in [0, 0.05) is 34.9 Å². The summed E-state index contributed by atoms with van der Waals surface area (Å²) in [5.41, 5.74) is 4.33. The Kier molecular flexibility index (Phi) is 6.08. The molecule has 156 valence electrons. The molecule has 0 aliphatic rings. The van der Waals surface area contributed by atoms with E-state index < -0.39 is 0 Å². The monoisotopic (exact) mass is 414 g/mol. The Morgan fingerprint density at radius 3 is 2.55 bits per heavy atom. The number of H-pyrrole nitrogens is 1. The third-order valence-corrected chi connectivity index (χ3v) is 5.05. The van der Waals surface area contributed by atoms with E-state index >= 15 is 0 Å². The Balaban J connectivity index is 1.52. The minimum absolute atomic E-state index is 0.251. The van der Waals surface area contributed by atoms with Crippen LogP contribution in [0.3, 0.4) is 0 Å². The van der Waals surface area contributed by atoms with E-state index in [1.54, 1.807) is 18.2 Å². The standard InChI is InChI=1S/C25H23FN4O/c1-17-6-2-3-7-21(17)24(31)30-25(29-20-12-10-19(26)11-13-20)27-15-14-18-16-28-23-9-5-4-8-22(18)23/h2-13,16,28H,14-15H2,1H3,(H2,27,29,30,31). The van der Waals surface area contributed by atoms with E-state index in [0.717, 1.165) is 22.0 Å². The number of benzene rings is 3. The molecule has 1 amide bonds. The van der Waals surface area contributed by atoms with Crippen molar-refractivity contribution in [2.75, 3.05) is 11.9 Å². The molecule has 0 unspecified atom stereocenters. The van der Waals surface area contributed by atoms with Crippen molar-refractivity contribution >= 4 is 28.5 Å². The molecule has 0 aliphatic carbocycles. The van der Waals surface area contributed by atoms with Crippen molar-refractivity contribution in [2.24, 2.45) is 4.99 Å². The van der Waals surface area contributed by atoms with Crippen LogP contribution < -0.4 is 10.6 Å². The number of nitrogens with zero attached hydrogens (tertiary/aromatic N) is 1. The first-order chi connectivity index (χ1) is 15.1. The third-order valence-electron chi connectivity index (χ3n) is 5.05. The molecule has 31 heavy (non-hydrogen) atoms. The highest BCUT2D eigenvalue weighted by molar-refractivity contribution is 6.10. The minimum atomic E-state index is -0.327. The number of aromatic amines is 1. The molecule has 3 aromatic carbocycles. The molecule has 0 aliphatic heterocycles. The van der Waals surface area contributed by atoms with Gasteiger partial charge in [-0.15, -0.1) is 0 Å². The van der Waals surface area contributed by atoms with Gasteiger partial charge in [0.15, 0.2) is 0 Å². The first-order valence-corrected chi connectivity index (χ1v) is 10.1. The van der Waals surface area contributed by atoms with Crippen LogP contribution in [0, 0.1) is 12.7 Å². The normalized spacial score (nSPS) is 11.5. The van der Waals surface area contributed by atoms with Gasteiger partial charge in [0.05, 0.1) is 0 Å². The molecular weight excluding hydrogens is 391 g/mol. The van der Waals surface area contributed by atoms with Gasteiger partial charge in [-0.2, -0.15) is 0 Å². The Hall–Kier alpha value is -3.93. The lowest BCUT2D eigenvalue weighted by molar-refractivity contribution is 0.0976. The quantitative estimate of drug-likeness (QED) is 0.316. The number of halogens is 1. The first kappa shape index (κ1) is 20.3. The molecular formula is C25H23FN4O. The number of aryl methyl sites for hydroxylation is 1. The van der Waals surface area contributed by atoms with Crippen molar-refractivity contribution in [3.8, 4) is 0 Å². The van der Waals surface area contributed by atoms with Crippen molar-refractivity contribution in [3.05, 3.63) is 102 Å². The fraction of sp³-hybridized carbons (Fsp3) is 0.120. The number of fused-ring (bicyclic) bond motifs is 1. The second-order valence-corrected chi connectivity index (χ2v) is 7.24. The molecule has 0 radical (unpaired) electrons. The maximum atomic E-state index is 13.3. The van der Waals surface area contributed by atoms with Crippen molar-refractivity contribution < 1.29 is 9.18 Å². The summed E-state index contributed by atoms with van der Waals surface area (Å²) in [6.45, 7) is 2.36. The highest BCUT2D eigenvalue weighted by Gasteiger charge is 2.12. The Bertz CT molecular complexity index is 1230. The van der Waals surface area contributed by atoms with Gasteiger partial charge >= 0.3 is 0 Å². The smallest absolute Gasteiger partial charge is 0.258 e. The zero-order chi connectivity index (χ0) is 21.6. The molecule has 6 heteroatoms. The highest BCUT2D eigenvalue weighted by atomic mass is 19.1. The fourth-order valence-corrected chi connectivity index (χ4v) is 3.41. The molecule has 1 heterocycles. The summed E-state index contributed by atoms with van der Waals surface area (Å²) >= 11 is 0.